The van der Waals surface area contributed by atoms with Gasteiger partial charge < -0.3 is 14.6 Å². The zero-order valence-corrected chi connectivity index (χ0v) is 14.7. The Morgan fingerprint density at radius 3 is 2.78 bits per heavy atom. The molecule has 0 spiro atoms. The maximum Gasteiger partial charge on any atom is 0.250 e. The minimum absolute atomic E-state index is 0.113. The van der Waals surface area contributed by atoms with Crippen LogP contribution in [0.2, 0.25) is 0 Å². The largest absolute Gasteiger partial charge is 0.502 e. The summed E-state index contributed by atoms with van der Waals surface area (Å²) in [5.74, 6) is 6.00. The smallest absolute Gasteiger partial charge is 0.250 e. The Kier molecular flexibility index (Phi) is 6.66. The number of fused-ring (bicyclic) bond motifs is 1. The van der Waals surface area contributed by atoms with E-state index < -0.39 is 6.29 Å². The fourth-order valence-electron chi connectivity index (χ4n) is 3.03. The molecule has 0 aromatic carbocycles. The second-order valence-electron chi connectivity index (χ2n) is 6.56. The van der Waals surface area contributed by atoms with Gasteiger partial charge in [0, 0.05) is 6.92 Å². The van der Waals surface area contributed by atoms with Gasteiger partial charge in [0.1, 0.15) is 0 Å². The summed E-state index contributed by atoms with van der Waals surface area (Å²) >= 11 is 0. The van der Waals surface area contributed by atoms with E-state index in [4.69, 9.17) is 15.3 Å². The molecule has 23 heavy (non-hydrogen) atoms. The van der Waals surface area contributed by atoms with E-state index in [-0.39, 0.29) is 11.9 Å². The van der Waals surface area contributed by atoms with E-state index >= 15 is 0 Å². The summed E-state index contributed by atoms with van der Waals surface area (Å²) in [6, 6.07) is 0. The monoisotopic (exact) mass is 323 g/mol. The molecule has 1 aliphatic heterocycles. The third-order valence-electron chi connectivity index (χ3n) is 4.57. The first-order valence-electron chi connectivity index (χ1n) is 8.83. The minimum atomic E-state index is -0.486. The summed E-state index contributed by atoms with van der Waals surface area (Å²) in [6.45, 7) is 6.52. The van der Waals surface area contributed by atoms with Gasteiger partial charge in [-0.25, -0.2) is 5.84 Å². The number of unbranched alkanes of at least 4 members (excludes halogenated alkanes) is 5. The fraction of sp³-hybridized carbons (Fsp3) is 0.722. The molecule has 130 valence electrons. The Bertz CT molecular complexity index is 519. The number of hydrogen-bond acceptors (Lipinski definition) is 4. The second-order valence-corrected chi connectivity index (χ2v) is 6.56. The fourth-order valence-corrected chi connectivity index (χ4v) is 3.03. The molecule has 5 heteroatoms. The predicted molar refractivity (Wildman–Crippen MR) is 89.3 cm³/mol. The molecule has 2 unspecified atom stereocenters. The summed E-state index contributed by atoms with van der Waals surface area (Å²) in [5, 5.41) is 10.3. The van der Waals surface area contributed by atoms with E-state index in [0.29, 0.717) is 12.3 Å². The van der Waals surface area contributed by atoms with Gasteiger partial charge >= 0.3 is 0 Å². The lowest BCUT2D eigenvalue weighted by atomic mass is 10.1. The van der Waals surface area contributed by atoms with E-state index in [9.17, 15) is 5.11 Å². The second kappa shape index (κ2) is 8.50. The lowest BCUT2D eigenvalue weighted by Crippen LogP contribution is -2.47. The number of nitrogen functional groups attached to an aromatic ring is 1. The maximum atomic E-state index is 10.3. The molecule has 0 saturated carbocycles. The lowest BCUT2D eigenvalue weighted by Gasteiger charge is -2.19. The highest BCUT2D eigenvalue weighted by Crippen LogP contribution is 2.38. The van der Waals surface area contributed by atoms with Crippen LogP contribution >= 0.6 is 0 Å². The Hall–Kier alpha value is -1.33. The van der Waals surface area contributed by atoms with Crippen LogP contribution in [0.15, 0.2) is 6.20 Å². The molecule has 0 bridgehead atoms. The Balaban J connectivity index is 1.83. The molecule has 0 fully saturated rings. The van der Waals surface area contributed by atoms with Gasteiger partial charge in [-0.05, 0) is 13.3 Å². The van der Waals surface area contributed by atoms with Gasteiger partial charge in [0.05, 0.1) is 23.8 Å². The van der Waals surface area contributed by atoms with Crippen LogP contribution in [0.4, 0.5) is 0 Å². The number of nitrogens with two attached hydrogens (primary N) is 1. The molecule has 0 radical (unpaired) electrons. The number of aromatic hydroxyl groups is 1. The first-order valence-corrected chi connectivity index (χ1v) is 8.83. The molecular formula is C18H31N2O3+. The standard InChI is InChI=1S/C18H30N2O3/c1-4-5-6-7-8-9-10-13(2)23-18-16-15(12-22-18)11-20(19)14(3)17(16)21/h11,13,18H,4-10,12,19H2,1-3H3/p+1. The minimum Gasteiger partial charge on any atom is -0.502 e. The third-order valence-corrected chi connectivity index (χ3v) is 4.57. The van der Waals surface area contributed by atoms with Crippen molar-refractivity contribution in [2.45, 2.75) is 84.7 Å². The zero-order chi connectivity index (χ0) is 16.8. The van der Waals surface area contributed by atoms with Crippen molar-refractivity contribution in [2.24, 2.45) is 0 Å². The van der Waals surface area contributed by atoms with Crippen LogP contribution in [0.3, 0.4) is 0 Å². The van der Waals surface area contributed by atoms with Crippen LogP contribution in [0.5, 0.6) is 5.75 Å². The third kappa shape index (κ3) is 4.58. The van der Waals surface area contributed by atoms with Gasteiger partial charge in [-0.3, -0.25) is 0 Å². The van der Waals surface area contributed by atoms with Crippen LogP contribution < -0.4 is 10.5 Å². The van der Waals surface area contributed by atoms with Crippen LogP contribution in [0.25, 0.3) is 0 Å². The Labute approximate surface area is 139 Å². The van der Waals surface area contributed by atoms with Gasteiger partial charge in [-0.1, -0.05) is 50.1 Å². The van der Waals surface area contributed by atoms with Crippen molar-refractivity contribution >= 4 is 0 Å². The first-order chi connectivity index (χ1) is 11.0. The predicted octanol–water partition coefficient (Wildman–Crippen LogP) is 3.39. The summed E-state index contributed by atoms with van der Waals surface area (Å²) in [4.78, 5) is 0. The van der Waals surface area contributed by atoms with Gasteiger partial charge in [0.2, 0.25) is 11.9 Å². The molecular weight excluding hydrogens is 292 g/mol. The molecule has 2 atom stereocenters. The van der Waals surface area contributed by atoms with Gasteiger partial charge in [-0.15, -0.1) is 0 Å². The quantitative estimate of drug-likeness (QED) is 0.415. The molecule has 0 aliphatic carbocycles. The average molecular weight is 323 g/mol. The van der Waals surface area contributed by atoms with Crippen molar-refractivity contribution in [1.29, 1.82) is 0 Å². The normalized spacial score (nSPS) is 18.1. The number of aromatic nitrogens is 1. The van der Waals surface area contributed by atoms with Crippen molar-refractivity contribution in [1.82, 2.24) is 0 Å². The van der Waals surface area contributed by atoms with Gasteiger partial charge in [0.25, 0.3) is 0 Å². The highest BCUT2D eigenvalue weighted by atomic mass is 16.7. The number of rotatable bonds is 9. The van der Waals surface area contributed by atoms with Gasteiger partial charge in [-0.2, -0.15) is 0 Å². The Morgan fingerprint density at radius 2 is 2.04 bits per heavy atom. The van der Waals surface area contributed by atoms with Gasteiger partial charge in [0.15, 0.2) is 12.0 Å². The molecule has 3 N–H and O–H groups in total. The molecule has 0 amide bonds. The summed E-state index contributed by atoms with van der Waals surface area (Å²) < 4.78 is 13.1. The molecule has 2 rings (SSSR count). The lowest BCUT2D eigenvalue weighted by molar-refractivity contribution is -0.646. The van der Waals surface area contributed by atoms with E-state index in [1.54, 1.807) is 13.1 Å². The topological polar surface area (TPSA) is 68.6 Å². The average Bonchev–Trinajstić information content (AvgIpc) is 2.91. The summed E-state index contributed by atoms with van der Waals surface area (Å²) in [6.07, 6.45) is 10.1. The zero-order valence-electron chi connectivity index (χ0n) is 14.7. The number of hydrogen-bond donors (Lipinski definition) is 2. The number of pyridine rings is 1. The first kappa shape index (κ1) is 18.0. The molecule has 1 aromatic heterocycles. The molecule has 2 heterocycles. The van der Waals surface area contributed by atoms with Crippen molar-refractivity contribution in [3.05, 3.63) is 23.0 Å². The van der Waals surface area contributed by atoms with Crippen molar-refractivity contribution in [3.8, 4) is 5.75 Å². The maximum absolute atomic E-state index is 10.3. The van der Waals surface area contributed by atoms with Crippen molar-refractivity contribution < 1.29 is 19.3 Å². The number of nitrogens with zero attached hydrogens (tertiary/aromatic N) is 1. The van der Waals surface area contributed by atoms with Crippen LogP contribution in [0.1, 0.15) is 81.9 Å². The molecule has 1 aliphatic rings. The van der Waals surface area contributed by atoms with E-state index in [1.165, 1.54) is 43.2 Å². The van der Waals surface area contributed by atoms with Crippen LogP contribution in [-0.2, 0) is 16.1 Å². The molecule has 5 nitrogen and oxygen atoms in total. The Morgan fingerprint density at radius 1 is 1.35 bits per heavy atom. The molecule has 0 saturated heterocycles. The van der Waals surface area contributed by atoms with Crippen molar-refractivity contribution in [3.63, 3.8) is 0 Å². The van der Waals surface area contributed by atoms with Crippen LogP contribution in [0, 0.1) is 6.92 Å². The van der Waals surface area contributed by atoms with E-state index in [0.717, 1.165) is 17.5 Å². The SMILES string of the molecule is CCCCCCCCC(C)OC1OCc2c[n+](N)c(C)c(O)c21. The van der Waals surface area contributed by atoms with Crippen LogP contribution in [-0.4, -0.2) is 11.2 Å². The van der Waals surface area contributed by atoms with E-state index in [1.807, 2.05) is 0 Å². The summed E-state index contributed by atoms with van der Waals surface area (Å²) in [7, 11) is 0. The number of ether oxygens (including phenoxy) is 2. The highest BCUT2D eigenvalue weighted by Gasteiger charge is 2.33. The summed E-state index contributed by atoms with van der Waals surface area (Å²) in [5.41, 5.74) is 2.25. The molecule has 1 aromatic rings. The highest BCUT2D eigenvalue weighted by molar-refractivity contribution is 5.40. The van der Waals surface area contributed by atoms with E-state index in [2.05, 4.69) is 13.8 Å². The van der Waals surface area contributed by atoms with Crippen molar-refractivity contribution in [2.75, 3.05) is 5.84 Å².